The number of hydrogen-bond donors (Lipinski definition) is 1. The molecular weight excluding hydrogens is 359 g/mol. The van der Waals surface area contributed by atoms with E-state index in [1.807, 2.05) is 42.5 Å². The molecule has 0 aliphatic rings. The number of benzene rings is 2. The molecule has 0 saturated carbocycles. The summed E-state index contributed by atoms with van der Waals surface area (Å²) in [6, 6.07) is 15.6. The van der Waals surface area contributed by atoms with Gasteiger partial charge in [0, 0.05) is 11.0 Å². The lowest BCUT2D eigenvalue weighted by Crippen LogP contribution is -2.11. The van der Waals surface area contributed by atoms with Gasteiger partial charge in [-0.05, 0) is 33.6 Å². The van der Waals surface area contributed by atoms with E-state index < -0.39 is 0 Å². The summed E-state index contributed by atoms with van der Waals surface area (Å²) in [6.45, 7) is 0.470. The van der Waals surface area contributed by atoms with Crippen LogP contribution < -0.4 is 5.32 Å². The Morgan fingerprint density at radius 2 is 1.80 bits per heavy atom. The maximum Gasteiger partial charge on any atom is 0.0885 e. The SMILES string of the molecule is N#CC(CNc1ccc(Br)c(Cl)c1Cl)c1ccccc1. The largest absolute Gasteiger partial charge is 0.382 e. The van der Waals surface area contributed by atoms with Gasteiger partial charge in [0.2, 0.25) is 0 Å². The van der Waals surface area contributed by atoms with Crippen LogP contribution in [0, 0.1) is 11.3 Å². The normalized spacial score (nSPS) is 11.7. The van der Waals surface area contributed by atoms with Crippen molar-refractivity contribution in [1.82, 2.24) is 0 Å². The lowest BCUT2D eigenvalue weighted by atomic mass is 10.0. The molecule has 1 atom stereocenters. The van der Waals surface area contributed by atoms with Crippen molar-refractivity contribution in [2.24, 2.45) is 0 Å². The molecule has 0 radical (unpaired) electrons. The number of nitrogens with one attached hydrogen (secondary N) is 1. The number of hydrogen-bond acceptors (Lipinski definition) is 2. The van der Waals surface area contributed by atoms with E-state index in [0.717, 1.165) is 15.7 Å². The molecule has 2 nitrogen and oxygen atoms in total. The second-order valence-corrected chi connectivity index (χ2v) is 5.81. The molecule has 0 saturated heterocycles. The van der Waals surface area contributed by atoms with Gasteiger partial charge in [-0.15, -0.1) is 0 Å². The molecule has 0 amide bonds. The summed E-state index contributed by atoms with van der Waals surface area (Å²) in [5, 5.41) is 13.4. The van der Waals surface area contributed by atoms with Crippen LogP contribution in [0.4, 0.5) is 5.69 Å². The van der Waals surface area contributed by atoms with Gasteiger partial charge in [-0.3, -0.25) is 0 Å². The Labute approximate surface area is 136 Å². The molecule has 0 heterocycles. The van der Waals surface area contributed by atoms with Gasteiger partial charge in [0.15, 0.2) is 0 Å². The second-order valence-electron chi connectivity index (χ2n) is 4.20. The molecule has 1 unspecified atom stereocenters. The average molecular weight is 370 g/mol. The van der Waals surface area contributed by atoms with Crippen LogP contribution in [0.3, 0.4) is 0 Å². The number of nitriles is 1. The van der Waals surface area contributed by atoms with E-state index in [-0.39, 0.29) is 5.92 Å². The summed E-state index contributed by atoms with van der Waals surface area (Å²) in [7, 11) is 0. The monoisotopic (exact) mass is 368 g/mol. The number of rotatable bonds is 4. The molecule has 20 heavy (non-hydrogen) atoms. The molecule has 0 bridgehead atoms. The zero-order valence-electron chi connectivity index (χ0n) is 10.4. The van der Waals surface area contributed by atoms with Crippen molar-refractivity contribution in [2.75, 3.05) is 11.9 Å². The van der Waals surface area contributed by atoms with Crippen molar-refractivity contribution < 1.29 is 0 Å². The molecule has 0 aromatic heterocycles. The maximum absolute atomic E-state index is 9.27. The van der Waals surface area contributed by atoms with Gasteiger partial charge in [0.25, 0.3) is 0 Å². The van der Waals surface area contributed by atoms with Gasteiger partial charge in [0.1, 0.15) is 0 Å². The molecule has 2 rings (SSSR count). The third-order valence-corrected chi connectivity index (χ3v) is 4.66. The molecule has 102 valence electrons. The fourth-order valence-electron chi connectivity index (χ4n) is 1.80. The molecule has 0 spiro atoms. The van der Waals surface area contributed by atoms with Gasteiger partial charge in [-0.2, -0.15) is 5.26 Å². The van der Waals surface area contributed by atoms with E-state index >= 15 is 0 Å². The van der Waals surface area contributed by atoms with E-state index in [2.05, 4.69) is 27.3 Å². The molecule has 0 fully saturated rings. The second kappa shape index (κ2) is 6.99. The third kappa shape index (κ3) is 3.46. The highest BCUT2D eigenvalue weighted by atomic mass is 79.9. The van der Waals surface area contributed by atoms with Crippen LogP contribution in [0.1, 0.15) is 11.5 Å². The van der Waals surface area contributed by atoms with E-state index in [9.17, 15) is 5.26 Å². The molecule has 2 aromatic rings. The molecule has 0 aliphatic carbocycles. The van der Waals surface area contributed by atoms with Crippen molar-refractivity contribution in [1.29, 1.82) is 5.26 Å². The highest BCUT2D eigenvalue weighted by Gasteiger charge is 2.12. The van der Waals surface area contributed by atoms with Gasteiger partial charge in [-0.25, -0.2) is 0 Å². The maximum atomic E-state index is 9.27. The highest BCUT2D eigenvalue weighted by Crippen LogP contribution is 2.36. The van der Waals surface area contributed by atoms with Crippen molar-refractivity contribution in [3.8, 4) is 6.07 Å². The third-order valence-electron chi connectivity index (χ3n) is 2.89. The van der Waals surface area contributed by atoms with Crippen molar-refractivity contribution in [2.45, 2.75) is 5.92 Å². The molecule has 2 aromatic carbocycles. The summed E-state index contributed by atoms with van der Waals surface area (Å²) >= 11 is 15.5. The highest BCUT2D eigenvalue weighted by molar-refractivity contribution is 9.10. The Balaban J connectivity index is 2.12. The summed E-state index contributed by atoms with van der Waals surface area (Å²) in [6.07, 6.45) is 0. The summed E-state index contributed by atoms with van der Waals surface area (Å²) in [4.78, 5) is 0. The van der Waals surface area contributed by atoms with Crippen LogP contribution in [0.5, 0.6) is 0 Å². The van der Waals surface area contributed by atoms with E-state index in [1.54, 1.807) is 0 Å². The van der Waals surface area contributed by atoms with Gasteiger partial charge >= 0.3 is 0 Å². The van der Waals surface area contributed by atoms with Crippen molar-refractivity contribution >= 4 is 44.8 Å². The topological polar surface area (TPSA) is 35.8 Å². The predicted molar refractivity (Wildman–Crippen MR) is 87.4 cm³/mol. The van der Waals surface area contributed by atoms with Crippen LogP contribution >= 0.6 is 39.1 Å². The fraction of sp³-hybridized carbons (Fsp3) is 0.133. The van der Waals surface area contributed by atoms with Gasteiger partial charge in [-0.1, -0.05) is 53.5 Å². The van der Waals surface area contributed by atoms with Gasteiger partial charge < -0.3 is 5.32 Å². The minimum Gasteiger partial charge on any atom is -0.382 e. The summed E-state index contributed by atoms with van der Waals surface area (Å²) in [5.41, 5.74) is 1.69. The zero-order chi connectivity index (χ0) is 14.5. The zero-order valence-corrected chi connectivity index (χ0v) is 13.5. The van der Waals surface area contributed by atoms with Crippen LogP contribution in [-0.4, -0.2) is 6.54 Å². The summed E-state index contributed by atoms with van der Waals surface area (Å²) in [5.74, 6) is -0.241. The van der Waals surface area contributed by atoms with Crippen LogP contribution in [0.15, 0.2) is 46.9 Å². The van der Waals surface area contributed by atoms with E-state index in [0.29, 0.717) is 16.6 Å². The molecule has 0 aliphatic heterocycles. The number of anilines is 1. The first-order chi connectivity index (χ1) is 9.63. The van der Waals surface area contributed by atoms with Crippen LogP contribution in [0.25, 0.3) is 0 Å². The van der Waals surface area contributed by atoms with Gasteiger partial charge in [0.05, 0.1) is 27.7 Å². The Kier molecular flexibility index (Phi) is 5.31. The van der Waals surface area contributed by atoms with E-state index in [4.69, 9.17) is 23.2 Å². The quantitative estimate of drug-likeness (QED) is 0.724. The lowest BCUT2D eigenvalue weighted by Gasteiger charge is -2.14. The van der Waals surface area contributed by atoms with E-state index in [1.165, 1.54) is 0 Å². The Bertz CT molecular complexity index is 638. The first-order valence-corrected chi connectivity index (χ1v) is 7.50. The number of nitrogens with zero attached hydrogens (tertiary/aromatic N) is 1. The first-order valence-electron chi connectivity index (χ1n) is 5.95. The minimum atomic E-state index is -0.241. The molecule has 1 N–H and O–H groups in total. The fourth-order valence-corrected chi connectivity index (χ4v) is 2.64. The standard InChI is InChI=1S/C15H11BrCl2N2/c16-12-6-7-13(15(18)14(12)17)20-9-11(8-19)10-4-2-1-3-5-10/h1-7,11,20H,9H2. The van der Waals surface area contributed by atoms with Crippen LogP contribution in [0.2, 0.25) is 10.0 Å². The molecular formula is C15H11BrCl2N2. The summed E-state index contributed by atoms with van der Waals surface area (Å²) < 4.78 is 0.745. The predicted octanol–water partition coefficient (Wildman–Crippen LogP) is 5.48. The lowest BCUT2D eigenvalue weighted by molar-refractivity contribution is 0.901. The Morgan fingerprint density at radius 3 is 2.45 bits per heavy atom. The first kappa shape index (κ1) is 15.2. The average Bonchev–Trinajstić information content (AvgIpc) is 2.48. The Morgan fingerprint density at radius 1 is 1.10 bits per heavy atom. The van der Waals surface area contributed by atoms with Crippen LogP contribution in [-0.2, 0) is 0 Å². The molecule has 5 heteroatoms. The minimum absolute atomic E-state index is 0.241. The number of halogens is 3. The van der Waals surface area contributed by atoms with Crippen molar-refractivity contribution in [3.05, 3.63) is 62.5 Å². The smallest absolute Gasteiger partial charge is 0.0885 e. The Hall–Kier alpha value is -1.21. The van der Waals surface area contributed by atoms with Crippen molar-refractivity contribution in [3.63, 3.8) is 0 Å².